The van der Waals surface area contributed by atoms with Crippen molar-refractivity contribution >= 4 is 11.7 Å². The minimum absolute atomic E-state index is 0.128. The number of methoxy groups -OCH3 is 1. The summed E-state index contributed by atoms with van der Waals surface area (Å²) in [7, 11) is 1.51. The van der Waals surface area contributed by atoms with Gasteiger partial charge >= 0.3 is 0 Å². The summed E-state index contributed by atoms with van der Waals surface area (Å²) in [4.78, 5) is 11.7. The van der Waals surface area contributed by atoms with Crippen LogP contribution >= 0.6 is 0 Å². The molecule has 1 heterocycles. The molecule has 1 atom stereocenters. The largest absolute Gasteiger partial charge is 0.504 e. The predicted molar refractivity (Wildman–Crippen MR) is 91.5 cm³/mol. The molecule has 1 unspecified atom stereocenters. The molecule has 0 fully saturated rings. The molecule has 1 aliphatic heterocycles. The number of carbonyl (C=O) groups is 1. The first kappa shape index (κ1) is 18.4. The van der Waals surface area contributed by atoms with Crippen molar-refractivity contribution in [3.63, 3.8) is 0 Å². The number of amides is 1. The number of phenols is 3. The Morgan fingerprint density at radius 3 is 2.44 bits per heavy atom. The summed E-state index contributed by atoms with van der Waals surface area (Å²) in [6.45, 7) is 0. The number of carbonyl (C=O) groups excluding carboxylic acids is 1. The Morgan fingerprint density at radius 1 is 1.19 bits per heavy atom. The van der Waals surface area contributed by atoms with Crippen LogP contribution in [0.1, 0.15) is 17.5 Å². The van der Waals surface area contributed by atoms with Crippen LogP contribution < -0.4 is 15.0 Å². The number of aliphatic hydroxyl groups is 1. The van der Waals surface area contributed by atoms with E-state index in [9.17, 15) is 25.2 Å². The smallest absolute Gasteiger partial charge is 0.246 e. The fourth-order valence-electron chi connectivity index (χ4n) is 2.88. The Balaban J connectivity index is 2.16. The normalized spacial score (nSPS) is 18.1. The lowest BCUT2D eigenvalue weighted by Crippen LogP contribution is -2.34. The molecule has 0 spiro atoms. The van der Waals surface area contributed by atoms with Gasteiger partial charge in [-0.3, -0.25) is 10.0 Å². The number of nitrogens with one attached hydrogen (secondary N) is 1. The van der Waals surface area contributed by atoms with E-state index in [1.54, 1.807) is 24.3 Å². The van der Waals surface area contributed by atoms with E-state index in [0.717, 1.165) is 6.07 Å². The molecule has 0 aliphatic carbocycles. The molecule has 9 nitrogen and oxygen atoms in total. The van der Waals surface area contributed by atoms with Crippen molar-refractivity contribution in [3.05, 3.63) is 47.5 Å². The molecular weight excluding hydrogens is 358 g/mol. The molecule has 9 heteroatoms. The topological polar surface area (TPSA) is 149 Å². The number of fused-ring (bicyclic) bond motifs is 1. The maximum Gasteiger partial charge on any atom is 0.246 e. The average molecular weight is 375 g/mol. The highest BCUT2D eigenvalue weighted by Crippen LogP contribution is 2.52. The van der Waals surface area contributed by atoms with Gasteiger partial charge in [0.15, 0.2) is 11.5 Å². The molecule has 27 heavy (non-hydrogen) atoms. The van der Waals surface area contributed by atoms with E-state index in [1.165, 1.54) is 18.7 Å². The van der Waals surface area contributed by atoms with Crippen LogP contribution in [0.2, 0.25) is 0 Å². The Labute approximate surface area is 153 Å². The van der Waals surface area contributed by atoms with E-state index in [4.69, 9.17) is 14.7 Å². The maximum atomic E-state index is 11.7. The zero-order valence-electron chi connectivity index (χ0n) is 14.1. The lowest BCUT2D eigenvalue weighted by atomic mass is 9.85. The molecule has 0 bridgehead atoms. The van der Waals surface area contributed by atoms with Crippen molar-refractivity contribution in [3.8, 4) is 28.7 Å². The van der Waals surface area contributed by atoms with Gasteiger partial charge in [-0.1, -0.05) is 0 Å². The minimum Gasteiger partial charge on any atom is -0.504 e. The standard InChI is InChI=1S/C18H17NO8/c1-26-10-4-2-9(3-5-10)13-7-18(24,8-14(21)19-25)15-12(27-13)6-11(20)16(22)17(15)23/h2-7,20,22-25H,8H2,1H3,(H,19,21). The molecule has 142 valence electrons. The maximum absolute atomic E-state index is 11.7. The van der Waals surface area contributed by atoms with Crippen molar-refractivity contribution in [1.29, 1.82) is 0 Å². The number of hydrogen-bond donors (Lipinski definition) is 6. The summed E-state index contributed by atoms with van der Waals surface area (Å²) >= 11 is 0. The number of rotatable bonds is 4. The van der Waals surface area contributed by atoms with Crippen LogP contribution in [0.3, 0.4) is 0 Å². The molecule has 2 aromatic rings. The molecule has 0 radical (unpaired) electrons. The van der Waals surface area contributed by atoms with E-state index in [2.05, 4.69) is 0 Å². The van der Waals surface area contributed by atoms with E-state index < -0.39 is 35.2 Å². The third kappa shape index (κ3) is 3.21. The average Bonchev–Trinajstić information content (AvgIpc) is 2.65. The van der Waals surface area contributed by atoms with Gasteiger partial charge in [0.25, 0.3) is 0 Å². The van der Waals surface area contributed by atoms with E-state index >= 15 is 0 Å². The Morgan fingerprint density at radius 2 is 1.85 bits per heavy atom. The number of hydrogen-bond acceptors (Lipinski definition) is 8. The molecular formula is C18H17NO8. The molecule has 2 aromatic carbocycles. The SMILES string of the molecule is COc1ccc(C2=CC(O)(CC(=O)NO)c3c(cc(O)c(O)c3O)O2)cc1. The monoisotopic (exact) mass is 375 g/mol. The summed E-state index contributed by atoms with van der Waals surface area (Å²) in [5.74, 6) is -2.78. The third-order valence-corrected chi connectivity index (χ3v) is 4.17. The fraction of sp³-hybridized carbons (Fsp3) is 0.167. The first-order chi connectivity index (χ1) is 12.8. The molecule has 0 saturated carbocycles. The van der Waals surface area contributed by atoms with Crippen molar-refractivity contribution in [2.24, 2.45) is 0 Å². The van der Waals surface area contributed by atoms with Gasteiger partial charge < -0.3 is 29.9 Å². The zero-order chi connectivity index (χ0) is 19.8. The van der Waals surface area contributed by atoms with Crippen LogP contribution in [0.15, 0.2) is 36.4 Å². The summed E-state index contributed by atoms with van der Waals surface area (Å²) in [5.41, 5.74) is -0.540. The van der Waals surface area contributed by atoms with Crippen LogP contribution in [-0.2, 0) is 10.4 Å². The van der Waals surface area contributed by atoms with Crippen LogP contribution in [0.5, 0.6) is 28.7 Å². The van der Waals surface area contributed by atoms with Crippen LogP contribution in [0, 0.1) is 0 Å². The van der Waals surface area contributed by atoms with E-state index in [1.807, 2.05) is 0 Å². The molecule has 0 aromatic heterocycles. The minimum atomic E-state index is -2.13. The molecule has 6 N–H and O–H groups in total. The molecule has 1 amide bonds. The summed E-state index contributed by atoms with van der Waals surface area (Å²) in [5, 5.41) is 49.6. The van der Waals surface area contributed by atoms with Gasteiger partial charge in [0.05, 0.1) is 19.1 Å². The van der Waals surface area contributed by atoms with E-state index in [-0.39, 0.29) is 17.1 Å². The first-order valence-corrected chi connectivity index (χ1v) is 7.78. The van der Waals surface area contributed by atoms with Crippen molar-refractivity contribution in [2.45, 2.75) is 12.0 Å². The molecule has 3 rings (SSSR count). The second-order valence-corrected chi connectivity index (χ2v) is 5.94. The number of phenolic OH excluding ortho intramolecular Hbond substituents is 3. The highest BCUT2D eigenvalue weighted by molar-refractivity contribution is 5.80. The lowest BCUT2D eigenvalue weighted by Gasteiger charge is -2.32. The number of ether oxygens (including phenoxy) is 2. The quantitative estimate of drug-likeness (QED) is 0.266. The van der Waals surface area contributed by atoms with Gasteiger partial charge in [-0.05, 0) is 30.3 Å². The molecule has 0 saturated heterocycles. The lowest BCUT2D eigenvalue weighted by molar-refractivity contribution is -0.133. The van der Waals surface area contributed by atoms with Gasteiger partial charge in [0, 0.05) is 11.6 Å². The van der Waals surface area contributed by atoms with Crippen molar-refractivity contribution in [1.82, 2.24) is 5.48 Å². The highest BCUT2D eigenvalue weighted by Gasteiger charge is 2.41. The Kier molecular flexibility index (Phi) is 4.56. The summed E-state index contributed by atoms with van der Waals surface area (Å²) in [6.07, 6.45) is 0.486. The van der Waals surface area contributed by atoms with Gasteiger partial charge in [-0.15, -0.1) is 0 Å². The summed E-state index contributed by atoms with van der Waals surface area (Å²) in [6, 6.07) is 7.59. The van der Waals surface area contributed by atoms with Gasteiger partial charge in [0.2, 0.25) is 11.7 Å². The second-order valence-electron chi connectivity index (χ2n) is 5.94. The Bertz CT molecular complexity index is 922. The van der Waals surface area contributed by atoms with Crippen molar-refractivity contribution in [2.75, 3.05) is 7.11 Å². The van der Waals surface area contributed by atoms with Crippen LogP contribution in [0.25, 0.3) is 5.76 Å². The number of aromatic hydroxyl groups is 3. The van der Waals surface area contributed by atoms with Gasteiger partial charge in [-0.2, -0.15) is 0 Å². The second kappa shape index (κ2) is 6.71. The fourth-order valence-corrected chi connectivity index (χ4v) is 2.88. The summed E-state index contributed by atoms with van der Waals surface area (Å²) < 4.78 is 10.7. The van der Waals surface area contributed by atoms with Gasteiger partial charge in [-0.25, -0.2) is 5.48 Å². The molecule has 1 aliphatic rings. The number of benzene rings is 2. The zero-order valence-corrected chi connectivity index (χ0v) is 14.1. The highest BCUT2D eigenvalue weighted by atomic mass is 16.5. The van der Waals surface area contributed by atoms with Gasteiger partial charge in [0.1, 0.15) is 22.9 Å². The van der Waals surface area contributed by atoms with Crippen molar-refractivity contribution < 1.29 is 39.9 Å². The Hall–Kier alpha value is -3.43. The first-order valence-electron chi connectivity index (χ1n) is 7.78. The number of hydroxylamine groups is 1. The van der Waals surface area contributed by atoms with Crippen LogP contribution in [0.4, 0.5) is 0 Å². The van der Waals surface area contributed by atoms with E-state index in [0.29, 0.717) is 11.3 Å². The van der Waals surface area contributed by atoms with Crippen LogP contribution in [-0.4, -0.2) is 38.7 Å². The predicted octanol–water partition coefficient (Wildman–Crippen LogP) is 1.33. The third-order valence-electron chi connectivity index (χ3n) is 4.17.